The molecule has 2 aliphatic heterocycles. The number of rotatable bonds is 7. The molecule has 1 fully saturated rings. The third-order valence-electron chi connectivity index (χ3n) is 5.11. The molecular weight excluding hydrogens is 470 g/mol. The van der Waals surface area contributed by atoms with Gasteiger partial charge in [-0.2, -0.15) is 13.9 Å². The lowest BCUT2D eigenvalue weighted by Gasteiger charge is -2.50. The van der Waals surface area contributed by atoms with Gasteiger partial charge in [0.05, 0.1) is 11.7 Å². The lowest BCUT2D eigenvalue weighted by Crippen LogP contribution is -2.71. The average Bonchev–Trinajstić information content (AvgIpc) is 3.22. The third kappa shape index (κ3) is 4.26. The summed E-state index contributed by atoms with van der Waals surface area (Å²) in [6, 6.07) is 4.68. The van der Waals surface area contributed by atoms with Crippen molar-refractivity contribution in [2.24, 2.45) is 5.16 Å². The van der Waals surface area contributed by atoms with E-state index in [0.717, 1.165) is 22.1 Å². The van der Waals surface area contributed by atoms with Crippen LogP contribution in [0, 0.1) is 6.92 Å². The van der Waals surface area contributed by atoms with E-state index in [4.69, 9.17) is 10.6 Å². The number of nitrogen functional groups attached to an aromatic ring is 1. The van der Waals surface area contributed by atoms with Crippen LogP contribution in [0.4, 0.5) is 5.13 Å². The smallest absolute Gasteiger partial charge is 0.278 e. The van der Waals surface area contributed by atoms with E-state index in [-0.39, 0.29) is 22.4 Å². The standard InChI is InChI=1S/C19H19N7O5S2/c1-9-5-3-4-6-25(9)7-10-8-32-17-12(16(28)26(17)13(10)18(29)30)21-15(27)11(23-31-2)14-22-19(20)33-24-14/h3-6,12,17H,7-8H2,1-2H3,(H3-,20,21,22,24,27,29,30)/t12?,17-/m1/s1. The predicted octanol–water partition coefficient (Wildman–Crippen LogP) is -1.83. The van der Waals surface area contributed by atoms with Crippen LogP contribution in [0.15, 0.2) is 40.8 Å². The number of hydrogen-bond donors (Lipinski definition) is 2. The van der Waals surface area contributed by atoms with Gasteiger partial charge < -0.3 is 25.8 Å². The number of nitrogens with one attached hydrogen (secondary N) is 1. The Kier molecular flexibility index (Phi) is 6.29. The molecule has 2 aromatic rings. The molecule has 14 heteroatoms. The monoisotopic (exact) mass is 489 g/mol. The maximum atomic E-state index is 12.9. The van der Waals surface area contributed by atoms with Crippen molar-refractivity contribution in [3.8, 4) is 0 Å². The minimum absolute atomic E-state index is 0.0374. The number of nitrogens with two attached hydrogens (primary N) is 1. The number of carbonyl (C=O) groups excluding carboxylic acids is 3. The van der Waals surface area contributed by atoms with Crippen LogP contribution in [0.25, 0.3) is 0 Å². The summed E-state index contributed by atoms with van der Waals surface area (Å²) >= 11 is 2.23. The summed E-state index contributed by atoms with van der Waals surface area (Å²) in [7, 11) is 1.25. The summed E-state index contributed by atoms with van der Waals surface area (Å²) in [6.45, 7) is 2.21. The van der Waals surface area contributed by atoms with Crippen molar-refractivity contribution >= 4 is 51.9 Å². The summed E-state index contributed by atoms with van der Waals surface area (Å²) in [5.74, 6) is -2.42. The molecule has 0 spiro atoms. The summed E-state index contributed by atoms with van der Waals surface area (Å²) in [6.07, 6.45) is 1.84. The second kappa shape index (κ2) is 9.15. The quantitative estimate of drug-likeness (QED) is 0.197. The van der Waals surface area contributed by atoms with Crippen LogP contribution in [0.3, 0.4) is 0 Å². The van der Waals surface area contributed by atoms with E-state index in [2.05, 4.69) is 19.8 Å². The number of β-lactam (4-membered cyclic amide) rings is 1. The highest BCUT2D eigenvalue weighted by atomic mass is 32.2. The Hall–Kier alpha value is -3.52. The number of aromatic nitrogens is 3. The fourth-order valence-corrected chi connectivity index (χ4v) is 5.32. The van der Waals surface area contributed by atoms with Crippen LogP contribution >= 0.6 is 23.3 Å². The molecule has 33 heavy (non-hydrogen) atoms. The number of aliphatic carboxylic acids is 1. The van der Waals surface area contributed by atoms with Crippen LogP contribution in [0.1, 0.15) is 11.5 Å². The number of hydrogen-bond acceptors (Lipinski definition) is 11. The van der Waals surface area contributed by atoms with Gasteiger partial charge >= 0.3 is 0 Å². The fourth-order valence-electron chi connectivity index (χ4n) is 3.55. The van der Waals surface area contributed by atoms with Crippen molar-refractivity contribution in [3.63, 3.8) is 0 Å². The summed E-state index contributed by atoms with van der Waals surface area (Å²) in [4.78, 5) is 47.4. The first-order chi connectivity index (χ1) is 15.8. The third-order valence-corrected chi connectivity index (χ3v) is 6.99. The Labute approximate surface area is 196 Å². The normalized spacial score (nSPS) is 20.2. The topological polar surface area (TPSA) is 167 Å². The zero-order valence-corrected chi connectivity index (χ0v) is 19.2. The zero-order chi connectivity index (χ0) is 23.7. The second-order valence-corrected chi connectivity index (χ2v) is 9.04. The first-order valence-corrected chi connectivity index (χ1v) is 11.5. The summed E-state index contributed by atoms with van der Waals surface area (Å²) < 4.78 is 5.83. The number of thioether (sulfide) groups is 1. The minimum atomic E-state index is -1.44. The molecule has 0 saturated carbocycles. The van der Waals surface area contributed by atoms with Gasteiger partial charge in [0.1, 0.15) is 18.5 Å². The molecule has 172 valence electrons. The highest BCUT2D eigenvalue weighted by Gasteiger charge is 2.53. The SMILES string of the molecule is CON=C(C(=O)NC1C(=O)N2C(C(=O)[O-])=C(C[n+]3ccccc3C)CS[C@H]12)c1nsc(N)n1. The lowest BCUT2D eigenvalue weighted by atomic mass is 10.0. The number of carbonyl (C=O) groups is 3. The molecular formula is C19H19N7O5S2. The molecule has 2 aromatic heterocycles. The van der Waals surface area contributed by atoms with E-state index < -0.39 is 29.2 Å². The number of anilines is 1. The van der Waals surface area contributed by atoms with Crippen molar-refractivity contribution < 1.29 is 28.9 Å². The van der Waals surface area contributed by atoms with Crippen LogP contribution in [-0.2, 0) is 25.8 Å². The Balaban J connectivity index is 1.54. The van der Waals surface area contributed by atoms with Crippen LogP contribution < -0.4 is 20.7 Å². The average molecular weight is 490 g/mol. The van der Waals surface area contributed by atoms with E-state index in [1.54, 1.807) is 0 Å². The summed E-state index contributed by atoms with van der Waals surface area (Å²) in [5, 5.41) is 17.7. The molecule has 2 amide bonds. The van der Waals surface area contributed by atoms with Crippen LogP contribution in [0.2, 0.25) is 0 Å². The van der Waals surface area contributed by atoms with Gasteiger partial charge in [0.2, 0.25) is 11.5 Å². The van der Waals surface area contributed by atoms with E-state index in [9.17, 15) is 19.5 Å². The molecule has 0 aliphatic carbocycles. The van der Waals surface area contributed by atoms with Crippen LogP contribution in [-0.4, -0.2) is 62.0 Å². The van der Waals surface area contributed by atoms with Crippen molar-refractivity contribution in [2.75, 3.05) is 18.6 Å². The largest absolute Gasteiger partial charge is 0.543 e. The molecule has 0 aromatic carbocycles. The molecule has 0 radical (unpaired) electrons. The van der Waals surface area contributed by atoms with Crippen molar-refractivity contribution in [1.82, 2.24) is 19.6 Å². The highest BCUT2D eigenvalue weighted by molar-refractivity contribution is 8.00. The molecule has 12 nitrogen and oxygen atoms in total. The second-order valence-electron chi connectivity index (χ2n) is 7.15. The maximum absolute atomic E-state index is 12.9. The number of nitrogens with zero attached hydrogens (tertiary/aromatic N) is 5. The number of carboxylic acids is 1. The number of aryl methyl sites for hydroxylation is 1. The number of carboxylic acid groups (broad SMARTS) is 1. The van der Waals surface area contributed by atoms with E-state index >= 15 is 0 Å². The fraction of sp³-hybridized carbons (Fsp3) is 0.316. The van der Waals surface area contributed by atoms with E-state index in [1.807, 2.05) is 35.9 Å². The molecule has 1 saturated heterocycles. The van der Waals surface area contributed by atoms with Gasteiger partial charge in [-0.3, -0.25) is 14.5 Å². The Morgan fingerprint density at radius 1 is 1.45 bits per heavy atom. The Morgan fingerprint density at radius 2 is 2.24 bits per heavy atom. The van der Waals surface area contributed by atoms with Crippen LogP contribution in [0.5, 0.6) is 0 Å². The first kappa shape index (κ1) is 22.7. The molecule has 2 atom stereocenters. The van der Waals surface area contributed by atoms with Gasteiger partial charge in [-0.1, -0.05) is 11.2 Å². The maximum Gasteiger partial charge on any atom is 0.278 e. The number of fused-ring (bicyclic) bond motifs is 1. The molecule has 4 heterocycles. The van der Waals surface area contributed by atoms with Crippen molar-refractivity contribution in [1.29, 1.82) is 0 Å². The van der Waals surface area contributed by atoms with Gasteiger partial charge in [-0.15, -0.1) is 11.8 Å². The van der Waals surface area contributed by atoms with Gasteiger partial charge in [0, 0.05) is 41.9 Å². The number of amides is 2. The van der Waals surface area contributed by atoms with Gasteiger partial charge in [-0.25, -0.2) is 0 Å². The van der Waals surface area contributed by atoms with Gasteiger partial charge in [0.15, 0.2) is 23.6 Å². The number of pyridine rings is 1. The molecule has 2 aliphatic rings. The zero-order valence-electron chi connectivity index (χ0n) is 17.5. The van der Waals surface area contributed by atoms with E-state index in [1.165, 1.54) is 18.9 Å². The lowest BCUT2D eigenvalue weighted by molar-refractivity contribution is -0.695. The highest BCUT2D eigenvalue weighted by Crippen LogP contribution is 2.40. The molecule has 0 bridgehead atoms. The molecule has 3 N–H and O–H groups in total. The Morgan fingerprint density at radius 3 is 2.88 bits per heavy atom. The minimum Gasteiger partial charge on any atom is -0.543 e. The van der Waals surface area contributed by atoms with Crippen molar-refractivity contribution in [3.05, 3.63) is 47.2 Å². The Bertz CT molecular complexity index is 1190. The molecule has 1 unspecified atom stereocenters. The predicted molar refractivity (Wildman–Crippen MR) is 116 cm³/mol. The van der Waals surface area contributed by atoms with Gasteiger partial charge in [-0.05, 0) is 0 Å². The number of oxime groups is 1. The van der Waals surface area contributed by atoms with E-state index in [0.29, 0.717) is 17.9 Å². The van der Waals surface area contributed by atoms with Crippen molar-refractivity contribution in [2.45, 2.75) is 24.9 Å². The van der Waals surface area contributed by atoms with Gasteiger partial charge in [0.25, 0.3) is 11.8 Å². The molecule has 4 rings (SSSR count). The summed E-state index contributed by atoms with van der Waals surface area (Å²) in [5.41, 5.74) is 6.65. The first-order valence-electron chi connectivity index (χ1n) is 9.66.